The molecule has 0 aromatic heterocycles. The molecule has 0 heterocycles. The summed E-state index contributed by atoms with van der Waals surface area (Å²) in [6.45, 7) is 5.50. The first-order chi connectivity index (χ1) is 3.77. The van der Waals surface area contributed by atoms with Crippen LogP contribution in [0.1, 0.15) is 26.7 Å². The molecule has 0 amide bonds. The van der Waals surface area contributed by atoms with Crippen molar-refractivity contribution in [1.29, 1.82) is 0 Å². The first-order valence-electron chi connectivity index (χ1n) is 3.01. The van der Waals surface area contributed by atoms with Gasteiger partial charge in [0.2, 0.25) is 0 Å². The average Bonchev–Trinajstić information content (AvgIpc) is 1.66. The van der Waals surface area contributed by atoms with E-state index in [0.717, 1.165) is 6.54 Å². The average molecular weight is 283 g/mol. The Morgan fingerprint density at radius 2 is 2.25 bits per heavy atom. The molecule has 0 bridgehead atoms. The number of hydrogen-bond donors (Lipinski definition) is 1. The van der Waals surface area contributed by atoms with Crippen LogP contribution in [0, 0.1) is 0 Å². The molecule has 0 aliphatic rings. The second-order valence-electron chi connectivity index (χ2n) is 1.84. The first kappa shape index (κ1) is 8.52. The van der Waals surface area contributed by atoms with Crippen LogP contribution >= 0.6 is 0 Å². The molecule has 0 fully saturated rings. The molecule has 0 saturated heterocycles. The van der Waals surface area contributed by atoms with Crippen molar-refractivity contribution in [2.24, 2.45) is 0 Å². The van der Waals surface area contributed by atoms with Gasteiger partial charge >= 0.3 is 61.9 Å². The van der Waals surface area contributed by atoms with Gasteiger partial charge in [-0.05, 0) is 0 Å². The Morgan fingerprint density at radius 3 is 2.62 bits per heavy atom. The van der Waals surface area contributed by atoms with E-state index >= 15 is 0 Å². The molecule has 2 heteroatoms. The molecule has 0 saturated carbocycles. The Balaban J connectivity index is 2.82. The van der Waals surface area contributed by atoms with Crippen LogP contribution in [0.5, 0.6) is 0 Å². The predicted octanol–water partition coefficient (Wildman–Crippen LogP) is 1.07. The van der Waals surface area contributed by atoms with Gasteiger partial charge in [0.1, 0.15) is 0 Å². The normalized spacial score (nSPS) is 9.25. The maximum atomic E-state index is 3.30. The summed E-state index contributed by atoms with van der Waals surface area (Å²) >= 11 is 1.55. The van der Waals surface area contributed by atoms with Crippen LogP contribution in [0.3, 0.4) is 0 Å². The molecule has 0 unspecified atom stereocenters. The van der Waals surface area contributed by atoms with Crippen molar-refractivity contribution in [3.05, 3.63) is 0 Å². The van der Waals surface area contributed by atoms with Crippen LogP contribution in [-0.2, 0) is 19.4 Å². The van der Waals surface area contributed by atoms with Gasteiger partial charge in [-0.3, -0.25) is 0 Å². The summed E-state index contributed by atoms with van der Waals surface area (Å²) in [5.74, 6) is 0. The molecule has 0 aromatic rings. The number of unbranched alkanes of at least 4 members (excludes halogenated alkanes) is 1. The zero-order valence-corrected chi connectivity index (χ0v) is 8.46. The molecule has 0 aliphatic carbocycles. The monoisotopic (exact) mass is 283 g/mol. The Hall–Kier alpha value is 0.518. The fraction of sp³-hybridized carbons (Fsp3) is 0.833. The van der Waals surface area contributed by atoms with E-state index in [1.165, 1.54) is 16.9 Å². The van der Waals surface area contributed by atoms with Gasteiger partial charge in [0.15, 0.2) is 0 Å². The third-order valence-corrected chi connectivity index (χ3v) is 1.42. The van der Waals surface area contributed by atoms with Gasteiger partial charge in [-0.25, -0.2) is 0 Å². The molecule has 0 aromatic carbocycles. The summed E-state index contributed by atoms with van der Waals surface area (Å²) in [4.78, 5) is 0. The van der Waals surface area contributed by atoms with Gasteiger partial charge in [-0.2, -0.15) is 0 Å². The van der Waals surface area contributed by atoms with Gasteiger partial charge in [0.25, 0.3) is 0 Å². The molecular formula is C6H13NW. The number of nitrogens with one attached hydrogen (secondary N) is 1. The quantitative estimate of drug-likeness (QED) is 0.761. The zero-order chi connectivity index (χ0) is 6.41. The summed E-state index contributed by atoms with van der Waals surface area (Å²) in [6.07, 6.45) is 2.58. The van der Waals surface area contributed by atoms with E-state index in [2.05, 4.69) is 19.2 Å². The Kier molecular flexibility index (Phi) is 6.02. The van der Waals surface area contributed by atoms with Crippen molar-refractivity contribution < 1.29 is 19.4 Å². The molecule has 0 spiro atoms. The van der Waals surface area contributed by atoms with E-state index in [0.29, 0.717) is 0 Å². The van der Waals surface area contributed by atoms with E-state index < -0.39 is 0 Å². The van der Waals surface area contributed by atoms with Crippen LogP contribution in [0.2, 0.25) is 0 Å². The molecule has 0 rings (SSSR count). The van der Waals surface area contributed by atoms with Crippen LogP contribution in [-0.4, -0.2) is 10.6 Å². The third-order valence-electron chi connectivity index (χ3n) is 0.904. The van der Waals surface area contributed by atoms with Crippen LogP contribution in [0.15, 0.2) is 0 Å². The maximum absolute atomic E-state index is 3.30. The summed E-state index contributed by atoms with van der Waals surface area (Å²) in [5.41, 5.74) is 0. The molecule has 0 aliphatic heterocycles. The fourth-order valence-electron chi connectivity index (χ4n) is 0.441. The summed E-state index contributed by atoms with van der Waals surface area (Å²) < 4.78 is 1.40. The van der Waals surface area contributed by atoms with E-state index in [9.17, 15) is 0 Å². The predicted molar refractivity (Wildman–Crippen MR) is 33.6 cm³/mol. The van der Waals surface area contributed by atoms with E-state index in [4.69, 9.17) is 0 Å². The summed E-state index contributed by atoms with van der Waals surface area (Å²) in [5, 5.41) is 3.30. The molecule has 1 nitrogen and oxygen atoms in total. The topological polar surface area (TPSA) is 12.0 Å². The zero-order valence-electron chi connectivity index (χ0n) is 5.53. The van der Waals surface area contributed by atoms with E-state index in [-0.39, 0.29) is 0 Å². The molecule has 0 radical (unpaired) electrons. The standard InChI is InChI=1S/C6H13N.W/c1-3-5-6-7-4-2;/h7H,3,5-6H2,1-2H3;. The van der Waals surface area contributed by atoms with E-state index in [1.54, 1.807) is 19.4 Å². The van der Waals surface area contributed by atoms with Crippen molar-refractivity contribution >= 4 is 4.02 Å². The van der Waals surface area contributed by atoms with Crippen molar-refractivity contribution in [2.75, 3.05) is 6.54 Å². The van der Waals surface area contributed by atoms with Gasteiger partial charge in [-0.15, -0.1) is 0 Å². The molecule has 48 valence electrons. The van der Waals surface area contributed by atoms with Gasteiger partial charge in [0.05, 0.1) is 0 Å². The molecule has 0 atom stereocenters. The Morgan fingerprint density at radius 1 is 1.62 bits per heavy atom. The van der Waals surface area contributed by atoms with Crippen LogP contribution < -0.4 is 5.32 Å². The fourth-order valence-corrected chi connectivity index (χ4v) is 0.808. The molecule has 1 N–H and O–H groups in total. The van der Waals surface area contributed by atoms with Gasteiger partial charge < -0.3 is 0 Å². The van der Waals surface area contributed by atoms with Crippen molar-refractivity contribution in [3.63, 3.8) is 0 Å². The second-order valence-corrected chi connectivity index (χ2v) is 4.04. The number of hydrogen-bond acceptors (Lipinski definition) is 1. The Labute approximate surface area is 62.3 Å². The third kappa shape index (κ3) is 6.52. The Bertz CT molecular complexity index is 70.9. The number of rotatable bonds is 4. The van der Waals surface area contributed by atoms with Crippen LogP contribution in [0.4, 0.5) is 0 Å². The summed E-state index contributed by atoms with van der Waals surface area (Å²) in [6, 6.07) is 0. The molecular weight excluding hydrogens is 270 g/mol. The minimum absolute atomic E-state index is 1.16. The second kappa shape index (κ2) is 5.65. The summed E-state index contributed by atoms with van der Waals surface area (Å²) in [7, 11) is 0. The SMILES string of the molecule is CCCCN[C](C)=[W]. The van der Waals surface area contributed by atoms with Gasteiger partial charge in [0, 0.05) is 0 Å². The van der Waals surface area contributed by atoms with Gasteiger partial charge in [-0.1, -0.05) is 0 Å². The molecule has 8 heavy (non-hydrogen) atoms. The first-order valence-corrected chi connectivity index (χ1v) is 4.48. The van der Waals surface area contributed by atoms with Crippen molar-refractivity contribution in [2.45, 2.75) is 26.7 Å². The minimum atomic E-state index is 1.16. The van der Waals surface area contributed by atoms with Crippen LogP contribution in [0.25, 0.3) is 0 Å². The van der Waals surface area contributed by atoms with Crippen molar-refractivity contribution in [1.82, 2.24) is 5.32 Å². The van der Waals surface area contributed by atoms with E-state index in [1.807, 2.05) is 0 Å². The van der Waals surface area contributed by atoms with Crippen molar-refractivity contribution in [3.8, 4) is 0 Å².